The molecule has 118 valence electrons. The molecule has 0 bridgehead atoms. The summed E-state index contributed by atoms with van der Waals surface area (Å²) < 4.78 is 0. The number of aliphatic hydroxyl groups is 2. The minimum absolute atomic E-state index is 0.00869. The van der Waals surface area contributed by atoms with Crippen molar-refractivity contribution in [3.05, 3.63) is 0 Å². The topological polar surface area (TPSA) is 72.8 Å². The number of hydrogen-bond donors (Lipinski definition) is 3. The Morgan fingerprint density at radius 3 is 2.65 bits per heavy atom. The van der Waals surface area contributed by atoms with Gasteiger partial charge in [0.2, 0.25) is 5.91 Å². The van der Waals surface area contributed by atoms with Crippen LogP contribution in [0.2, 0.25) is 0 Å². The van der Waals surface area contributed by atoms with E-state index in [2.05, 4.69) is 5.32 Å². The first-order valence-corrected chi connectivity index (χ1v) is 7.80. The number of amides is 1. The number of carbonyl (C=O) groups is 1. The highest BCUT2D eigenvalue weighted by molar-refractivity contribution is 5.78. The molecule has 0 radical (unpaired) electrons. The van der Waals surface area contributed by atoms with Crippen molar-refractivity contribution in [1.29, 1.82) is 0 Å². The number of hydrogen-bond acceptors (Lipinski definition) is 4. The zero-order chi connectivity index (χ0) is 15.1. The average molecular weight is 286 g/mol. The molecule has 5 nitrogen and oxygen atoms in total. The smallest absolute Gasteiger partial charge is 0.225 e. The Bertz CT molecular complexity index is 297. The fourth-order valence-electron chi connectivity index (χ4n) is 2.83. The van der Waals surface area contributed by atoms with Gasteiger partial charge in [-0.1, -0.05) is 20.8 Å². The lowest BCUT2D eigenvalue weighted by Gasteiger charge is -2.40. The minimum atomic E-state index is -0.347. The molecule has 1 fully saturated rings. The molecule has 0 aromatic rings. The lowest BCUT2D eigenvalue weighted by molar-refractivity contribution is -0.138. The summed E-state index contributed by atoms with van der Waals surface area (Å²) in [5.74, 6) is 0.292. The SMILES string of the molecule is CCC(O)C1CC(NCCCO)CN(C(=O)C(C)C)C1. The van der Waals surface area contributed by atoms with Gasteiger partial charge in [0.05, 0.1) is 6.10 Å². The molecular weight excluding hydrogens is 256 g/mol. The van der Waals surface area contributed by atoms with Gasteiger partial charge in [0.25, 0.3) is 0 Å². The van der Waals surface area contributed by atoms with E-state index in [1.54, 1.807) is 0 Å². The van der Waals surface area contributed by atoms with Crippen LogP contribution in [0.3, 0.4) is 0 Å². The van der Waals surface area contributed by atoms with Crippen LogP contribution in [0.25, 0.3) is 0 Å². The summed E-state index contributed by atoms with van der Waals surface area (Å²) in [5, 5.41) is 22.3. The van der Waals surface area contributed by atoms with Crippen molar-refractivity contribution in [1.82, 2.24) is 10.2 Å². The van der Waals surface area contributed by atoms with Gasteiger partial charge in [0.15, 0.2) is 0 Å². The summed E-state index contributed by atoms with van der Waals surface area (Å²) in [5.41, 5.74) is 0. The van der Waals surface area contributed by atoms with E-state index in [-0.39, 0.29) is 36.5 Å². The quantitative estimate of drug-likeness (QED) is 0.599. The van der Waals surface area contributed by atoms with Crippen LogP contribution >= 0.6 is 0 Å². The molecule has 1 aliphatic heterocycles. The van der Waals surface area contributed by atoms with Crippen LogP contribution < -0.4 is 5.32 Å². The molecule has 0 aromatic carbocycles. The van der Waals surface area contributed by atoms with Crippen molar-refractivity contribution in [2.45, 2.75) is 52.2 Å². The standard InChI is InChI=1S/C15H30N2O3/c1-4-14(19)12-8-13(16-6-5-7-18)10-17(9-12)15(20)11(2)3/h11-14,16,18-19H,4-10H2,1-3H3. The second-order valence-electron chi connectivity index (χ2n) is 6.10. The van der Waals surface area contributed by atoms with Crippen LogP contribution in [-0.4, -0.2) is 59.4 Å². The Kier molecular flexibility index (Phi) is 7.48. The zero-order valence-corrected chi connectivity index (χ0v) is 13.0. The summed E-state index contributed by atoms with van der Waals surface area (Å²) in [6.07, 6.45) is 1.98. The lowest BCUT2D eigenvalue weighted by Crippen LogP contribution is -2.54. The predicted octanol–water partition coefficient (Wildman–Crippen LogP) is 0.602. The molecule has 1 rings (SSSR count). The fourth-order valence-corrected chi connectivity index (χ4v) is 2.83. The first-order valence-electron chi connectivity index (χ1n) is 7.80. The van der Waals surface area contributed by atoms with E-state index in [0.29, 0.717) is 13.1 Å². The highest BCUT2D eigenvalue weighted by Crippen LogP contribution is 2.23. The first-order chi connectivity index (χ1) is 9.49. The van der Waals surface area contributed by atoms with Gasteiger partial charge in [-0.2, -0.15) is 0 Å². The molecule has 5 heteroatoms. The van der Waals surface area contributed by atoms with E-state index in [9.17, 15) is 9.90 Å². The molecule has 0 aliphatic carbocycles. The minimum Gasteiger partial charge on any atom is -0.396 e. The number of aliphatic hydroxyl groups excluding tert-OH is 2. The molecule has 1 heterocycles. The van der Waals surface area contributed by atoms with Gasteiger partial charge in [0, 0.05) is 37.6 Å². The molecule has 0 spiro atoms. The number of nitrogens with one attached hydrogen (secondary N) is 1. The Labute approximate surface area is 122 Å². The van der Waals surface area contributed by atoms with Gasteiger partial charge in [-0.15, -0.1) is 0 Å². The number of likely N-dealkylation sites (tertiary alicyclic amines) is 1. The van der Waals surface area contributed by atoms with Gasteiger partial charge < -0.3 is 20.4 Å². The van der Waals surface area contributed by atoms with Gasteiger partial charge in [-0.25, -0.2) is 0 Å². The van der Waals surface area contributed by atoms with E-state index >= 15 is 0 Å². The van der Waals surface area contributed by atoms with E-state index in [1.165, 1.54) is 0 Å². The van der Waals surface area contributed by atoms with Crippen LogP contribution in [0.5, 0.6) is 0 Å². The largest absolute Gasteiger partial charge is 0.396 e. The molecule has 1 amide bonds. The van der Waals surface area contributed by atoms with Crippen LogP contribution in [0.15, 0.2) is 0 Å². The van der Waals surface area contributed by atoms with E-state index < -0.39 is 0 Å². The summed E-state index contributed by atoms with van der Waals surface area (Å²) in [7, 11) is 0. The van der Waals surface area contributed by atoms with Gasteiger partial charge in [-0.05, 0) is 25.8 Å². The number of nitrogens with zero attached hydrogens (tertiary/aromatic N) is 1. The van der Waals surface area contributed by atoms with Crippen molar-refractivity contribution < 1.29 is 15.0 Å². The molecule has 0 aromatic heterocycles. The van der Waals surface area contributed by atoms with Gasteiger partial charge in [-0.3, -0.25) is 4.79 Å². The molecule has 1 aliphatic rings. The highest BCUT2D eigenvalue weighted by atomic mass is 16.3. The van der Waals surface area contributed by atoms with Crippen LogP contribution in [0.1, 0.15) is 40.0 Å². The summed E-state index contributed by atoms with van der Waals surface area (Å²) in [6.45, 7) is 8.09. The predicted molar refractivity (Wildman–Crippen MR) is 79.3 cm³/mol. The normalized spacial score (nSPS) is 25.0. The molecule has 0 saturated carbocycles. The third-order valence-corrected chi connectivity index (χ3v) is 4.02. The molecule has 1 saturated heterocycles. The first kappa shape index (κ1) is 17.4. The van der Waals surface area contributed by atoms with Crippen molar-refractivity contribution in [2.24, 2.45) is 11.8 Å². The molecule has 20 heavy (non-hydrogen) atoms. The van der Waals surface area contributed by atoms with Crippen molar-refractivity contribution >= 4 is 5.91 Å². The Balaban J connectivity index is 2.64. The van der Waals surface area contributed by atoms with E-state index in [1.807, 2.05) is 25.7 Å². The monoisotopic (exact) mass is 286 g/mol. The fraction of sp³-hybridized carbons (Fsp3) is 0.933. The van der Waals surface area contributed by atoms with Crippen LogP contribution in [0, 0.1) is 11.8 Å². The van der Waals surface area contributed by atoms with Gasteiger partial charge >= 0.3 is 0 Å². The maximum absolute atomic E-state index is 12.2. The Morgan fingerprint density at radius 2 is 2.10 bits per heavy atom. The number of carbonyl (C=O) groups excluding carboxylic acids is 1. The number of rotatable bonds is 7. The maximum atomic E-state index is 12.2. The molecule has 3 unspecified atom stereocenters. The Morgan fingerprint density at radius 1 is 1.40 bits per heavy atom. The second-order valence-corrected chi connectivity index (χ2v) is 6.10. The third-order valence-electron chi connectivity index (χ3n) is 4.02. The van der Waals surface area contributed by atoms with Crippen LogP contribution in [-0.2, 0) is 4.79 Å². The third kappa shape index (κ3) is 5.04. The molecule has 3 N–H and O–H groups in total. The van der Waals surface area contributed by atoms with Crippen molar-refractivity contribution in [3.8, 4) is 0 Å². The van der Waals surface area contributed by atoms with Crippen molar-refractivity contribution in [3.63, 3.8) is 0 Å². The summed E-state index contributed by atoms with van der Waals surface area (Å²) in [6, 6.07) is 0.212. The number of piperidine rings is 1. The zero-order valence-electron chi connectivity index (χ0n) is 13.0. The average Bonchev–Trinajstić information content (AvgIpc) is 2.45. The van der Waals surface area contributed by atoms with Crippen molar-refractivity contribution in [2.75, 3.05) is 26.2 Å². The van der Waals surface area contributed by atoms with Gasteiger partial charge in [0.1, 0.15) is 0 Å². The highest BCUT2D eigenvalue weighted by Gasteiger charge is 2.33. The van der Waals surface area contributed by atoms with E-state index in [4.69, 9.17) is 5.11 Å². The molecular formula is C15H30N2O3. The molecule has 3 atom stereocenters. The Hall–Kier alpha value is -0.650. The lowest BCUT2D eigenvalue weighted by atomic mass is 9.88. The van der Waals surface area contributed by atoms with Crippen LogP contribution in [0.4, 0.5) is 0 Å². The van der Waals surface area contributed by atoms with E-state index in [0.717, 1.165) is 25.8 Å². The summed E-state index contributed by atoms with van der Waals surface area (Å²) >= 11 is 0. The maximum Gasteiger partial charge on any atom is 0.225 e. The summed E-state index contributed by atoms with van der Waals surface area (Å²) in [4.78, 5) is 14.1. The second kappa shape index (κ2) is 8.60.